The van der Waals surface area contributed by atoms with Gasteiger partial charge in [0.1, 0.15) is 17.4 Å². The number of amides is 2. The smallest absolute Gasteiger partial charge is 0.410 e. The molecule has 2 saturated heterocycles. The number of anilines is 2. The Balaban J connectivity index is 1.03. The third-order valence-corrected chi connectivity index (χ3v) is 8.54. The van der Waals surface area contributed by atoms with E-state index in [2.05, 4.69) is 45.4 Å². The van der Waals surface area contributed by atoms with Crippen molar-refractivity contribution in [3.8, 4) is 10.6 Å². The number of pyridine rings is 1. The number of carbonyl (C=O) groups excluding carboxylic acids is 2. The fraction of sp³-hybridized carbons (Fsp3) is 0.333. The van der Waals surface area contributed by atoms with Gasteiger partial charge in [0.05, 0.1) is 10.2 Å². The Bertz CT molecular complexity index is 1460. The van der Waals surface area contributed by atoms with Crippen LogP contribution < -0.4 is 15.1 Å². The molecule has 2 aromatic carbocycles. The number of thiazole rings is 1. The summed E-state index contributed by atoms with van der Waals surface area (Å²) >= 11 is 1.69. The van der Waals surface area contributed by atoms with Crippen molar-refractivity contribution in [1.82, 2.24) is 20.2 Å². The van der Waals surface area contributed by atoms with Crippen LogP contribution in [0.15, 0.2) is 60.8 Å². The molecular weight excluding hydrogens is 524 g/mol. The summed E-state index contributed by atoms with van der Waals surface area (Å²) in [6.07, 6.45) is 4.80. The lowest BCUT2D eigenvalue weighted by molar-refractivity contribution is -0.109. The molecule has 4 heterocycles. The monoisotopic (exact) mass is 556 g/mol. The van der Waals surface area contributed by atoms with Gasteiger partial charge >= 0.3 is 6.09 Å². The van der Waals surface area contributed by atoms with Crippen molar-refractivity contribution in [1.29, 1.82) is 0 Å². The Hall–Kier alpha value is -4.18. The average Bonchev–Trinajstić information content (AvgIpc) is 3.70. The molecule has 0 aliphatic carbocycles. The largest absolute Gasteiger partial charge is 0.445 e. The number of piperazine rings is 1. The lowest BCUT2D eigenvalue weighted by Crippen LogP contribution is -2.48. The predicted molar refractivity (Wildman–Crippen MR) is 158 cm³/mol. The summed E-state index contributed by atoms with van der Waals surface area (Å²) in [5.74, 6) is 1.05. The summed E-state index contributed by atoms with van der Waals surface area (Å²) in [6, 6.07) is 18.3. The Kier molecular flexibility index (Phi) is 7.76. The van der Waals surface area contributed by atoms with Crippen LogP contribution in [0.3, 0.4) is 0 Å². The van der Waals surface area contributed by atoms with Crippen molar-refractivity contribution in [3.63, 3.8) is 0 Å². The van der Waals surface area contributed by atoms with Gasteiger partial charge in [-0.1, -0.05) is 24.3 Å². The zero-order valence-electron chi connectivity index (χ0n) is 22.3. The first-order valence-corrected chi connectivity index (χ1v) is 14.5. The third-order valence-electron chi connectivity index (χ3n) is 7.47. The Morgan fingerprint density at radius 2 is 1.70 bits per heavy atom. The van der Waals surface area contributed by atoms with E-state index < -0.39 is 0 Å². The molecule has 0 saturated carbocycles. The van der Waals surface area contributed by atoms with Crippen molar-refractivity contribution in [2.24, 2.45) is 0 Å². The van der Waals surface area contributed by atoms with E-state index in [1.807, 2.05) is 30.5 Å². The number of fused-ring (bicyclic) bond motifs is 1. The molecule has 2 aliphatic heterocycles. The summed E-state index contributed by atoms with van der Waals surface area (Å²) in [5.41, 5.74) is 5.08. The van der Waals surface area contributed by atoms with Crippen LogP contribution in [0.5, 0.6) is 0 Å². The second kappa shape index (κ2) is 11.9. The Labute approximate surface area is 237 Å². The molecule has 2 aliphatic rings. The van der Waals surface area contributed by atoms with Crippen LogP contribution in [0.25, 0.3) is 20.8 Å². The van der Waals surface area contributed by atoms with E-state index >= 15 is 0 Å². The molecule has 206 valence electrons. The number of rotatable bonds is 8. The molecule has 0 bridgehead atoms. The molecule has 0 radical (unpaired) electrons. The molecule has 2 fully saturated rings. The van der Waals surface area contributed by atoms with Gasteiger partial charge in [-0.25, -0.2) is 14.8 Å². The maximum atomic E-state index is 12.7. The van der Waals surface area contributed by atoms with Crippen LogP contribution in [-0.4, -0.2) is 66.6 Å². The number of hydrogen-bond donors (Lipinski definition) is 1. The third kappa shape index (κ3) is 5.86. The van der Waals surface area contributed by atoms with E-state index in [0.717, 1.165) is 69.6 Å². The Morgan fingerprint density at radius 1 is 0.925 bits per heavy atom. The molecule has 2 aromatic heterocycles. The summed E-state index contributed by atoms with van der Waals surface area (Å²) in [5, 5.41) is 3.62. The highest BCUT2D eigenvalue weighted by atomic mass is 32.1. The number of hydrogen-bond acceptors (Lipinski definition) is 8. The molecule has 6 rings (SSSR count). The molecule has 10 heteroatoms. The minimum Gasteiger partial charge on any atom is -0.445 e. The molecule has 9 nitrogen and oxygen atoms in total. The predicted octanol–water partition coefficient (Wildman–Crippen LogP) is 4.66. The maximum absolute atomic E-state index is 12.7. The lowest BCUT2D eigenvalue weighted by atomic mass is 10.1. The van der Waals surface area contributed by atoms with Gasteiger partial charge in [-0.05, 0) is 54.3 Å². The van der Waals surface area contributed by atoms with Crippen molar-refractivity contribution in [3.05, 3.63) is 71.9 Å². The van der Waals surface area contributed by atoms with E-state index in [-0.39, 0.29) is 12.7 Å². The van der Waals surface area contributed by atoms with Crippen molar-refractivity contribution in [2.45, 2.75) is 26.0 Å². The number of carbonyl (C=O) groups is 2. The molecule has 1 N–H and O–H groups in total. The summed E-state index contributed by atoms with van der Waals surface area (Å²) < 4.78 is 6.69. The SMILES string of the molecule is O=CNCc1ccc(COC(=O)N2CCN(c3ccc4nc(-c5ccc(N6CCCC6)nc5)sc4c3)CC2)cc1. The lowest BCUT2D eigenvalue weighted by Gasteiger charge is -2.35. The zero-order valence-corrected chi connectivity index (χ0v) is 23.1. The zero-order chi connectivity index (χ0) is 27.3. The number of ether oxygens (including phenoxy) is 1. The molecule has 4 aromatic rings. The molecule has 0 atom stereocenters. The minimum atomic E-state index is -0.293. The summed E-state index contributed by atoms with van der Waals surface area (Å²) in [7, 11) is 0. The van der Waals surface area contributed by atoms with Gasteiger partial charge in [0.15, 0.2) is 0 Å². The van der Waals surface area contributed by atoms with Crippen LogP contribution >= 0.6 is 11.3 Å². The number of benzene rings is 2. The van der Waals surface area contributed by atoms with E-state index in [9.17, 15) is 9.59 Å². The second-order valence-corrected chi connectivity index (χ2v) is 11.1. The van der Waals surface area contributed by atoms with Gasteiger partial charge in [0.2, 0.25) is 6.41 Å². The summed E-state index contributed by atoms with van der Waals surface area (Å²) in [6.45, 7) is 5.58. The first-order chi connectivity index (χ1) is 19.7. The van der Waals surface area contributed by atoms with E-state index in [0.29, 0.717) is 26.0 Å². The van der Waals surface area contributed by atoms with E-state index in [1.165, 1.54) is 12.8 Å². The molecule has 40 heavy (non-hydrogen) atoms. The number of nitrogens with zero attached hydrogens (tertiary/aromatic N) is 5. The maximum Gasteiger partial charge on any atom is 0.410 e. The highest BCUT2D eigenvalue weighted by Gasteiger charge is 2.23. The number of aromatic nitrogens is 2. The second-order valence-electron chi connectivity index (χ2n) is 10.1. The van der Waals surface area contributed by atoms with E-state index in [4.69, 9.17) is 14.7 Å². The Morgan fingerprint density at radius 3 is 2.42 bits per heavy atom. The normalized spacial score (nSPS) is 15.4. The topological polar surface area (TPSA) is 90.9 Å². The van der Waals surface area contributed by atoms with Crippen molar-refractivity contribution < 1.29 is 14.3 Å². The minimum absolute atomic E-state index is 0.224. The fourth-order valence-electron chi connectivity index (χ4n) is 5.18. The van der Waals surface area contributed by atoms with Crippen LogP contribution in [-0.2, 0) is 22.7 Å². The standard InChI is InChI=1S/C30H32N6O3S/c37-21-31-18-22-3-5-23(6-4-22)20-39-30(38)36-15-13-34(14-16-36)25-8-9-26-27(17-25)40-29(33-26)24-7-10-28(32-19-24)35-11-1-2-12-35/h3-10,17,19,21H,1-2,11-16,18,20H2,(H,31,37). The van der Waals surface area contributed by atoms with Crippen LogP contribution in [0.2, 0.25) is 0 Å². The molecular formula is C30H32N6O3S. The van der Waals surface area contributed by atoms with Gasteiger partial charge in [0.25, 0.3) is 0 Å². The van der Waals surface area contributed by atoms with Gasteiger partial charge in [-0.15, -0.1) is 11.3 Å². The highest BCUT2D eigenvalue weighted by Crippen LogP contribution is 2.33. The van der Waals surface area contributed by atoms with Gasteiger partial charge < -0.3 is 24.8 Å². The number of nitrogens with one attached hydrogen (secondary N) is 1. The molecule has 0 spiro atoms. The molecule has 0 unspecified atom stereocenters. The van der Waals surface area contributed by atoms with Crippen molar-refractivity contribution >= 4 is 45.6 Å². The summed E-state index contributed by atoms with van der Waals surface area (Å²) in [4.78, 5) is 39.0. The average molecular weight is 557 g/mol. The first-order valence-electron chi connectivity index (χ1n) is 13.7. The van der Waals surface area contributed by atoms with Crippen LogP contribution in [0, 0.1) is 0 Å². The van der Waals surface area contributed by atoms with Crippen LogP contribution in [0.4, 0.5) is 16.3 Å². The van der Waals surface area contributed by atoms with E-state index in [1.54, 1.807) is 16.2 Å². The molecule has 2 amide bonds. The van der Waals surface area contributed by atoms with Crippen LogP contribution in [0.1, 0.15) is 24.0 Å². The first kappa shape index (κ1) is 26.1. The van der Waals surface area contributed by atoms with Crippen molar-refractivity contribution in [2.75, 3.05) is 49.1 Å². The fourth-order valence-corrected chi connectivity index (χ4v) is 6.16. The quantitative estimate of drug-likeness (QED) is 0.316. The van der Waals surface area contributed by atoms with Gasteiger partial charge in [-0.3, -0.25) is 4.79 Å². The van der Waals surface area contributed by atoms with Gasteiger partial charge in [-0.2, -0.15) is 0 Å². The van der Waals surface area contributed by atoms with Gasteiger partial charge in [0, 0.05) is 63.3 Å². The highest BCUT2D eigenvalue weighted by molar-refractivity contribution is 7.21.